The van der Waals surface area contributed by atoms with Gasteiger partial charge in [0.2, 0.25) is 5.95 Å². The number of hydrogen-bond acceptors (Lipinski definition) is 5. The molecule has 2 aromatic carbocycles. The molecule has 3 rings (SSSR count). The number of rotatable bonds is 9. The lowest BCUT2D eigenvalue weighted by atomic mass is 10.0. The van der Waals surface area contributed by atoms with Crippen molar-refractivity contribution in [1.29, 1.82) is 0 Å². The van der Waals surface area contributed by atoms with Gasteiger partial charge in [0.1, 0.15) is 0 Å². The number of anilines is 1. The van der Waals surface area contributed by atoms with E-state index in [4.69, 9.17) is 20.0 Å². The Kier molecular flexibility index (Phi) is 10.0. The van der Waals surface area contributed by atoms with E-state index in [1.54, 1.807) is 0 Å². The van der Waals surface area contributed by atoms with Gasteiger partial charge in [-0.1, -0.05) is 67.1 Å². The van der Waals surface area contributed by atoms with Gasteiger partial charge in [-0.3, -0.25) is 4.79 Å². The van der Waals surface area contributed by atoms with Crippen LogP contribution >= 0.6 is 0 Å². The number of nitrogens with zero attached hydrogens (tertiary/aromatic N) is 2. The van der Waals surface area contributed by atoms with Crippen LogP contribution in [0, 0.1) is 0 Å². The molecule has 10 heteroatoms. The molecule has 0 bridgehead atoms. The van der Waals surface area contributed by atoms with Gasteiger partial charge in [-0.05, 0) is 18.4 Å². The van der Waals surface area contributed by atoms with Gasteiger partial charge in [-0.15, -0.1) is 0 Å². The van der Waals surface area contributed by atoms with Crippen LogP contribution in [-0.2, 0) is 9.59 Å². The zero-order valence-corrected chi connectivity index (χ0v) is 18.1. The molecule has 0 atom stereocenters. The van der Waals surface area contributed by atoms with Crippen molar-refractivity contribution in [2.45, 2.75) is 31.9 Å². The van der Waals surface area contributed by atoms with Crippen LogP contribution in [0.5, 0.6) is 0 Å². The molecule has 1 aromatic heterocycles. The van der Waals surface area contributed by atoms with E-state index in [1.165, 1.54) is 0 Å². The monoisotopic (exact) mass is 475 g/mol. The summed E-state index contributed by atoms with van der Waals surface area (Å²) in [4.78, 5) is 28.7. The highest BCUT2D eigenvalue weighted by Crippen LogP contribution is 2.30. The normalized spacial score (nSPS) is 10.7. The lowest BCUT2D eigenvalue weighted by Crippen LogP contribution is -2.21. The number of alkyl halides is 3. The summed E-state index contributed by atoms with van der Waals surface area (Å²) < 4.78 is 31.7. The second kappa shape index (κ2) is 12.9. The van der Waals surface area contributed by atoms with Crippen LogP contribution in [-0.4, -0.2) is 44.8 Å². The second-order valence-electron chi connectivity index (χ2n) is 7.12. The topological polar surface area (TPSA) is 112 Å². The van der Waals surface area contributed by atoms with Crippen molar-refractivity contribution in [1.82, 2.24) is 9.97 Å². The van der Waals surface area contributed by atoms with Gasteiger partial charge in [0.25, 0.3) is 0 Å². The highest BCUT2D eigenvalue weighted by molar-refractivity contribution is 5.80. The van der Waals surface area contributed by atoms with Gasteiger partial charge in [-0.2, -0.15) is 13.2 Å². The number of benzene rings is 2. The van der Waals surface area contributed by atoms with E-state index >= 15 is 0 Å². The van der Waals surface area contributed by atoms with E-state index in [0.29, 0.717) is 12.4 Å². The number of carboxylic acids is 2. The maximum absolute atomic E-state index is 10.6. The molecular formula is C24H24F3N3O4. The average molecular weight is 475 g/mol. The summed E-state index contributed by atoms with van der Waals surface area (Å²) in [6.45, 7) is 0.721. The zero-order valence-electron chi connectivity index (χ0n) is 18.1. The first kappa shape index (κ1) is 26.3. The van der Waals surface area contributed by atoms with Gasteiger partial charge >= 0.3 is 18.1 Å². The number of nitrogens with one attached hydrogen (secondary N) is 1. The zero-order chi connectivity index (χ0) is 25.0. The molecule has 3 N–H and O–H groups in total. The molecule has 34 heavy (non-hydrogen) atoms. The van der Waals surface area contributed by atoms with Gasteiger partial charge in [0.05, 0.1) is 5.69 Å². The maximum Gasteiger partial charge on any atom is 0.490 e. The summed E-state index contributed by atoms with van der Waals surface area (Å²) in [5, 5.41) is 19.0. The third kappa shape index (κ3) is 8.89. The number of aromatic nitrogens is 2. The van der Waals surface area contributed by atoms with Crippen molar-refractivity contribution in [3.63, 3.8) is 0 Å². The number of halogens is 3. The largest absolute Gasteiger partial charge is 0.490 e. The van der Waals surface area contributed by atoms with E-state index in [0.717, 1.165) is 41.8 Å². The SMILES string of the molecule is O=C(O)C(F)(F)F.O=C(O)CCCCCNc1ncc(-c2ccccc2)c(-c2ccccc2)n1. The van der Waals surface area contributed by atoms with E-state index in [-0.39, 0.29) is 6.42 Å². The molecule has 0 saturated heterocycles. The van der Waals surface area contributed by atoms with Crippen molar-refractivity contribution in [2.75, 3.05) is 11.9 Å². The summed E-state index contributed by atoms with van der Waals surface area (Å²) >= 11 is 0. The molecule has 0 amide bonds. The van der Waals surface area contributed by atoms with Gasteiger partial charge in [0.15, 0.2) is 0 Å². The molecule has 0 fully saturated rings. The van der Waals surface area contributed by atoms with E-state index in [2.05, 4.69) is 22.4 Å². The number of carboxylic acid groups (broad SMARTS) is 2. The molecular weight excluding hydrogens is 451 g/mol. The third-order valence-corrected chi connectivity index (χ3v) is 4.51. The highest BCUT2D eigenvalue weighted by Gasteiger charge is 2.38. The van der Waals surface area contributed by atoms with Gasteiger partial charge in [0, 0.05) is 30.3 Å². The Hall–Kier alpha value is -3.95. The van der Waals surface area contributed by atoms with E-state index in [9.17, 15) is 18.0 Å². The molecule has 0 aliphatic heterocycles. The van der Waals surface area contributed by atoms with Crippen molar-refractivity contribution in [3.05, 3.63) is 66.9 Å². The van der Waals surface area contributed by atoms with Crippen LogP contribution in [0.25, 0.3) is 22.4 Å². The van der Waals surface area contributed by atoms with Crippen LogP contribution in [0.4, 0.5) is 19.1 Å². The summed E-state index contributed by atoms with van der Waals surface area (Å²) in [6, 6.07) is 20.2. The van der Waals surface area contributed by atoms with Crippen LogP contribution < -0.4 is 5.32 Å². The predicted molar refractivity (Wildman–Crippen MR) is 121 cm³/mol. The minimum atomic E-state index is -5.08. The van der Waals surface area contributed by atoms with Gasteiger partial charge in [-0.25, -0.2) is 14.8 Å². The first-order chi connectivity index (χ1) is 16.2. The summed E-state index contributed by atoms with van der Waals surface area (Å²) in [6.07, 6.45) is -0.553. The van der Waals surface area contributed by atoms with Crippen LogP contribution in [0.3, 0.4) is 0 Å². The average Bonchev–Trinajstić information content (AvgIpc) is 2.82. The summed E-state index contributed by atoms with van der Waals surface area (Å²) in [7, 11) is 0. The Morgan fingerprint density at radius 3 is 1.94 bits per heavy atom. The fourth-order valence-corrected chi connectivity index (χ4v) is 2.89. The molecule has 3 aromatic rings. The van der Waals surface area contributed by atoms with Crippen molar-refractivity contribution in [3.8, 4) is 22.4 Å². The van der Waals surface area contributed by atoms with E-state index in [1.807, 2.05) is 54.7 Å². The molecule has 0 radical (unpaired) electrons. The highest BCUT2D eigenvalue weighted by atomic mass is 19.4. The number of unbranched alkanes of at least 4 members (excludes halogenated alkanes) is 2. The third-order valence-electron chi connectivity index (χ3n) is 4.51. The van der Waals surface area contributed by atoms with Crippen molar-refractivity contribution < 1.29 is 33.0 Å². The molecule has 180 valence electrons. The maximum atomic E-state index is 10.6. The van der Waals surface area contributed by atoms with Crippen LogP contribution in [0.1, 0.15) is 25.7 Å². The Labute approximate surface area is 194 Å². The van der Waals surface area contributed by atoms with Crippen LogP contribution in [0.2, 0.25) is 0 Å². The first-order valence-electron chi connectivity index (χ1n) is 10.4. The Balaban J connectivity index is 0.000000509. The Morgan fingerprint density at radius 2 is 1.41 bits per heavy atom. The van der Waals surface area contributed by atoms with Crippen molar-refractivity contribution in [2.24, 2.45) is 0 Å². The molecule has 0 aliphatic carbocycles. The lowest BCUT2D eigenvalue weighted by molar-refractivity contribution is -0.192. The Bertz CT molecular complexity index is 1060. The van der Waals surface area contributed by atoms with Crippen LogP contribution in [0.15, 0.2) is 66.9 Å². The molecule has 0 unspecified atom stereocenters. The fourth-order valence-electron chi connectivity index (χ4n) is 2.89. The quantitative estimate of drug-likeness (QED) is 0.350. The fraction of sp³-hybridized carbons (Fsp3) is 0.250. The number of aliphatic carboxylic acids is 2. The predicted octanol–water partition coefficient (Wildman–Crippen LogP) is 5.50. The minimum Gasteiger partial charge on any atom is -0.481 e. The summed E-state index contributed by atoms with van der Waals surface area (Å²) in [5.41, 5.74) is 4.01. The van der Waals surface area contributed by atoms with E-state index < -0.39 is 18.1 Å². The molecule has 7 nitrogen and oxygen atoms in total. The standard InChI is InChI=1S/C22H23N3O2.C2HF3O2/c26-20(27)14-8-3-9-15-23-22-24-16-19(17-10-4-1-5-11-17)21(25-22)18-12-6-2-7-13-18;3-2(4,5)1(6)7/h1-2,4-7,10-13,16H,3,8-9,14-15H2,(H,26,27)(H,23,24,25);(H,6,7). The summed E-state index contributed by atoms with van der Waals surface area (Å²) in [5.74, 6) is -2.91. The first-order valence-corrected chi connectivity index (χ1v) is 10.4. The second-order valence-corrected chi connectivity index (χ2v) is 7.12. The smallest absolute Gasteiger partial charge is 0.481 e. The number of hydrogen-bond donors (Lipinski definition) is 3. The molecule has 0 aliphatic rings. The Morgan fingerprint density at radius 1 is 0.853 bits per heavy atom. The lowest BCUT2D eigenvalue weighted by Gasteiger charge is -2.12. The van der Waals surface area contributed by atoms with Crippen molar-refractivity contribution >= 4 is 17.9 Å². The molecule has 0 spiro atoms. The minimum absolute atomic E-state index is 0.223. The van der Waals surface area contributed by atoms with Gasteiger partial charge < -0.3 is 15.5 Å². The molecule has 1 heterocycles. The molecule has 0 saturated carbocycles. The number of carbonyl (C=O) groups is 2.